The van der Waals surface area contributed by atoms with Gasteiger partial charge in [-0.05, 0) is 18.1 Å². The average molecular weight is 292 g/mol. The van der Waals surface area contributed by atoms with Gasteiger partial charge < -0.3 is 0 Å². The van der Waals surface area contributed by atoms with Crippen LogP contribution in [0.1, 0.15) is 28.4 Å². The number of Topliss-reactive ketones (excluding diaryl/α,β-unsaturated/α-hetero) is 1. The quantitative estimate of drug-likeness (QED) is 0.742. The Labute approximate surface area is 121 Å². The van der Waals surface area contributed by atoms with Crippen molar-refractivity contribution < 1.29 is 18.0 Å². The van der Waals surface area contributed by atoms with Gasteiger partial charge in [-0.25, -0.2) is 0 Å². The maximum atomic E-state index is 12.7. The highest BCUT2D eigenvalue weighted by atomic mass is 19.4. The van der Waals surface area contributed by atoms with E-state index in [9.17, 15) is 18.0 Å². The summed E-state index contributed by atoms with van der Waals surface area (Å²) >= 11 is 0. The van der Waals surface area contributed by atoms with E-state index in [0.717, 1.165) is 12.1 Å². The molecule has 0 aromatic heterocycles. The molecule has 2 aromatic carbocycles. The first-order valence-electron chi connectivity index (χ1n) is 6.63. The van der Waals surface area contributed by atoms with Crippen molar-refractivity contribution in [2.45, 2.75) is 19.5 Å². The van der Waals surface area contributed by atoms with Gasteiger partial charge in [0.25, 0.3) is 0 Å². The monoisotopic (exact) mass is 292 g/mol. The van der Waals surface area contributed by atoms with Crippen LogP contribution in [0.25, 0.3) is 0 Å². The van der Waals surface area contributed by atoms with Gasteiger partial charge in [0.15, 0.2) is 5.78 Å². The number of alkyl halides is 3. The molecule has 2 rings (SSSR count). The summed E-state index contributed by atoms with van der Waals surface area (Å²) in [5.74, 6) is -0.427. The van der Waals surface area contributed by atoms with E-state index in [-0.39, 0.29) is 18.1 Å². The molecular formula is C17H15F3O. The molecule has 110 valence electrons. The molecule has 1 atom stereocenters. The number of halogens is 3. The molecule has 0 spiro atoms. The molecule has 0 N–H and O–H groups in total. The number of carbonyl (C=O) groups excluding carboxylic acids is 1. The summed E-state index contributed by atoms with van der Waals surface area (Å²) in [7, 11) is 0. The summed E-state index contributed by atoms with van der Waals surface area (Å²) in [5.41, 5.74) is 0.415. The van der Waals surface area contributed by atoms with Crippen LogP contribution >= 0.6 is 0 Å². The van der Waals surface area contributed by atoms with Gasteiger partial charge in [0, 0.05) is 11.5 Å². The molecular weight excluding hydrogens is 277 g/mol. The van der Waals surface area contributed by atoms with Gasteiger partial charge in [-0.3, -0.25) is 4.79 Å². The minimum absolute atomic E-state index is 0.0620. The molecule has 2 aromatic rings. The highest BCUT2D eigenvalue weighted by molar-refractivity contribution is 5.97. The van der Waals surface area contributed by atoms with Crippen LogP contribution in [0, 0.1) is 5.92 Å². The smallest absolute Gasteiger partial charge is 0.294 e. The van der Waals surface area contributed by atoms with E-state index in [4.69, 9.17) is 0 Å². The van der Waals surface area contributed by atoms with Gasteiger partial charge in [0.1, 0.15) is 0 Å². The molecule has 4 heteroatoms. The predicted molar refractivity (Wildman–Crippen MR) is 75.1 cm³/mol. The summed E-state index contributed by atoms with van der Waals surface area (Å²) in [6.07, 6.45) is -4.07. The first-order chi connectivity index (χ1) is 9.88. The second-order valence-corrected chi connectivity index (χ2v) is 5.03. The third kappa shape index (κ3) is 3.94. The SMILES string of the molecule is CC(Cc1cccc(C(F)(F)F)c1)C(=O)c1ccccc1. The molecule has 21 heavy (non-hydrogen) atoms. The zero-order valence-corrected chi connectivity index (χ0v) is 11.5. The maximum absolute atomic E-state index is 12.7. The van der Waals surface area contributed by atoms with E-state index < -0.39 is 11.7 Å². The van der Waals surface area contributed by atoms with Gasteiger partial charge in [-0.15, -0.1) is 0 Å². The van der Waals surface area contributed by atoms with Crippen LogP contribution in [0.15, 0.2) is 54.6 Å². The lowest BCUT2D eigenvalue weighted by atomic mass is 9.92. The van der Waals surface area contributed by atoms with Crippen LogP contribution in [-0.2, 0) is 12.6 Å². The highest BCUT2D eigenvalue weighted by Crippen LogP contribution is 2.30. The van der Waals surface area contributed by atoms with Crippen LogP contribution in [-0.4, -0.2) is 5.78 Å². The summed E-state index contributed by atoms with van der Waals surface area (Å²) in [4.78, 5) is 12.2. The molecule has 0 radical (unpaired) electrons. The van der Waals surface area contributed by atoms with Crippen molar-refractivity contribution in [3.63, 3.8) is 0 Å². The van der Waals surface area contributed by atoms with Crippen molar-refractivity contribution >= 4 is 5.78 Å². The fraction of sp³-hybridized carbons (Fsp3) is 0.235. The van der Waals surface area contributed by atoms with Crippen LogP contribution in [0.4, 0.5) is 13.2 Å². The fourth-order valence-corrected chi connectivity index (χ4v) is 2.21. The van der Waals surface area contributed by atoms with Gasteiger partial charge in [-0.1, -0.05) is 55.5 Å². The van der Waals surface area contributed by atoms with E-state index in [1.54, 1.807) is 37.3 Å². The third-order valence-electron chi connectivity index (χ3n) is 3.30. The first-order valence-corrected chi connectivity index (χ1v) is 6.63. The van der Waals surface area contributed by atoms with E-state index in [2.05, 4.69) is 0 Å². The van der Waals surface area contributed by atoms with Crippen molar-refractivity contribution in [1.82, 2.24) is 0 Å². The van der Waals surface area contributed by atoms with Crippen molar-refractivity contribution in [3.8, 4) is 0 Å². The molecule has 0 aliphatic rings. The number of hydrogen-bond donors (Lipinski definition) is 0. The van der Waals surface area contributed by atoms with Crippen LogP contribution < -0.4 is 0 Å². The van der Waals surface area contributed by atoms with E-state index in [1.807, 2.05) is 6.07 Å². The Hall–Kier alpha value is -2.10. The molecule has 0 heterocycles. The summed E-state index contributed by atoms with van der Waals surface area (Å²) in [5, 5.41) is 0. The number of benzene rings is 2. The second kappa shape index (κ2) is 6.12. The Bertz CT molecular complexity index is 617. The normalized spacial score (nSPS) is 13.0. The maximum Gasteiger partial charge on any atom is 0.416 e. The van der Waals surface area contributed by atoms with Crippen LogP contribution in [0.5, 0.6) is 0 Å². The second-order valence-electron chi connectivity index (χ2n) is 5.03. The van der Waals surface area contributed by atoms with Crippen molar-refractivity contribution in [1.29, 1.82) is 0 Å². The number of ketones is 1. The average Bonchev–Trinajstić information content (AvgIpc) is 2.47. The Morgan fingerprint density at radius 1 is 1.05 bits per heavy atom. The zero-order chi connectivity index (χ0) is 15.5. The fourth-order valence-electron chi connectivity index (χ4n) is 2.21. The molecule has 0 fully saturated rings. The minimum atomic E-state index is -4.36. The summed E-state index contributed by atoms with van der Waals surface area (Å²) in [6.45, 7) is 1.73. The van der Waals surface area contributed by atoms with Gasteiger partial charge in [-0.2, -0.15) is 13.2 Å². The lowest BCUT2D eigenvalue weighted by Gasteiger charge is -2.12. The summed E-state index contributed by atoms with van der Waals surface area (Å²) < 4.78 is 38.0. The number of rotatable bonds is 4. The standard InChI is InChI=1S/C17H15F3O/c1-12(16(21)14-7-3-2-4-8-14)10-13-6-5-9-15(11-13)17(18,19)20/h2-9,11-12H,10H2,1H3. The van der Waals surface area contributed by atoms with Crippen molar-refractivity contribution in [2.75, 3.05) is 0 Å². The third-order valence-corrected chi connectivity index (χ3v) is 3.30. The molecule has 1 nitrogen and oxygen atoms in total. The Kier molecular flexibility index (Phi) is 4.46. The largest absolute Gasteiger partial charge is 0.416 e. The molecule has 0 saturated heterocycles. The number of carbonyl (C=O) groups is 1. The molecule has 1 unspecified atom stereocenters. The van der Waals surface area contributed by atoms with Crippen molar-refractivity contribution in [2.24, 2.45) is 5.92 Å². The molecule has 0 bridgehead atoms. The molecule has 0 aliphatic carbocycles. The van der Waals surface area contributed by atoms with Gasteiger partial charge in [0.05, 0.1) is 5.56 Å². The minimum Gasteiger partial charge on any atom is -0.294 e. The highest BCUT2D eigenvalue weighted by Gasteiger charge is 2.30. The Morgan fingerprint density at radius 2 is 1.71 bits per heavy atom. The predicted octanol–water partition coefficient (Wildman–Crippen LogP) is 4.77. The van der Waals surface area contributed by atoms with E-state index in [1.165, 1.54) is 6.07 Å². The van der Waals surface area contributed by atoms with E-state index >= 15 is 0 Å². The molecule has 0 amide bonds. The Balaban J connectivity index is 2.13. The van der Waals surface area contributed by atoms with Crippen LogP contribution in [0.2, 0.25) is 0 Å². The topological polar surface area (TPSA) is 17.1 Å². The van der Waals surface area contributed by atoms with E-state index in [0.29, 0.717) is 11.1 Å². The molecule has 0 saturated carbocycles. The lowest BCUT2D eigenvalue weighted by molar-refractivity contribution is -0.137. The van der Waals surface area contributed by atoms with Gasteiger partial charge >= 0.3 is 6.18 Å². The van der Waals surface area contributed by atoms with Gasteiger partial charge in [0.2, 0.25) is 0 Å². The van der Waals surface area contributed by atoms with Crippen LogP contribution in [0.3, 0.4) is 0 Å². The molecule has 0 aliphatic heterocycles. The summed E-state index contributed by atoms with van der Waals surface area (Å²) in [6, 6.07) is 13.9. The first kappa shape index (κ1) is 15.3. The lowest BCUT2D eigenvalue weighted by Crippen LogP contribution is -2.14. The Morgan fingerprint density at radius 3 is 2.33 bits per heavy atom. The number of hydrogen-bond acceptors (Lipinski definition) is 1. The van der Waals surface area contributed by atoms with Crippen molar-refractivity contribution in [3.05, 3.63) is 71.3 Å². The zero-order valence-electron chi connectivity index (χ0n) is 11.5.